The molecule has 18 heavy (non-hydrogen) atoms. The van der Waals surface area contributed by atoms with Gasteiger partial charge in [-0.2, -0.15) is 0 Å². The van der Waals surface area contributed by atoms with Gasteiger partial charge in [0.2, 0.25) is 0 Å². The first-order chi connectivity index (χ1) is 8.47. The van der Waals surface area contributed by atoms with Gasteiger partial charge in [0.25, 0.3) is 0 Å². The molecule has 0 spiro atoms. The smallest absolute Gasteiger partial charge is 0.156 e. The van der Waals surface area contributed by atoms with Crippen molar-refractivity contribution in [3.63, 3.8) is 0 Å². The van der Waals surface area contributed by atoms with Crippen LogP contribution in [-0.4, -0.2) is 27.5 Å². The van der Waals surface area contributed by atoms with Crippen LogP contribution in [-0.2, 0) is 5.41 Å². The van der Waals surface area contributed by atoms with E-state index in [4.69, 9.17) is 0 Å². The number of anilines is 1. The summed E-state index contributed by atoms with van der Waals surface area (Å²) in [5, 5.41) is 0. The number of hydrogen-bond donors (Lipinski definition) is 0. The van der Waals surface area contributed by atoms with Crippen molar-refractivity contribution in [2.24, 2.45) is 0 Å². The first kappa shape index (κ1) is 12.9. The molecular weight excluding hydrogens is 224 g/mol. The van der Waals surface area contributed by atoms with Gasteiger partial charge in [-0.15, -0.1) is 0 Å². The number of imidazole rings is 1. The minimum absolute atomic E-state index is 0.0546. The van der Waals surface area contributed by atoms with Crippen LogP contribution >= 0.6 is 0 Å². The lowest BCUT2D eigenvalue weighted by atomic mass is 9.93. The van der Waals surface area contributed by atoms with Crippen molar-refractivity contribution in [2.45, 2.75) is 40.0 Å². The zero-order valence-electron chi connectivity index (χ0n) is 11.9. The molecule has 0 aromatic carbocycles. The predicted molar refractivity (Wildman–Crippen MR) is 75.2 cm³/mol. The highest BCUT2D eigenvalue weighted by Crippen LogP contribution is 2.23. The van der Waals surface area contributed by atoms with Crippen molar-refractivity contribution in [2.75, 3.05) is 18.0 Å². The van der Waals surface area contributed by atoms with Crippen LogP contribution < -0.4 is 4.90 Å². The van der Waals surface area contributed by atoms with Crippen molar-refractivity contribution >= 4 is 11.5 Å². The maximum atomic E-state index is 4.50. The van der Waals surface area contributed by atoms with E-state index >= 15 is 0 Å². The standard InChI is InChI=1S/C14H22N4/c1-6-17(7-2)13-9-16-12-8-15-11(10-18(12)13)14(3,4)5/h8-10H,6-7H2,1-5H3. The molecule has 0 aliphatic rings. The summed E-state index contributed by atoms with van der Waals surface area (Å²) in [5.41, 5.74) is 2.05. The summed E-state index contributed by atoms with van der Waals surface area (Å²) in [5.74, 6) is 1.14. The monoisotopic (exact) mass is 246 g/mol. The third-order valence-electron chi connectivity index (χ3n) is 3.23. The van der Waals surface area contributed by atoms with Crippen LogP contribution in [0.15, 0.2) is 18.6 Å². The highest BCUT2D eigenvalue weighted by Gasteiger charge is 2.17. The van der Waals surface area contributed by atoms with Gasteiger partial charge >= 0.3 is 0 Å². The fourth-order valence-corrected chi connectivity index (χ4v) is 2.05. The Balaban J connectivity index is 2.56. The predicted octanol–water partition coefficient (Wildman–Crippen LogP) is 2.87. The average molecular weight is 246 g/mol. The Bertz CT molecular complexity index is 532. The van der Waals surface area contributed by atoms with Crippen LogP contribution in [0.4, 0.5) is 5.82 Å². The Morgan fingerprint density at radius 3 is 2.33 bits per heavy atom. The molecule has 0 fully saturated rings. The number of nitrogens with zero attached hydrogens (tertiary/aromatic N) is 4. The largest absolute Gasteiger partial charge is 0.357 e. The summed E-state index contributed by atoms with van der Waals surface area (Å²) in [6, 6.07) is 0. The van der Waals surface area contributed by atoms with Gasteiger partial charge < -0.3 is 4.90 Å². The fraction of sp³-hybridized carbons (Fsp3) is 0.571. The summed E-state index contributed by atoms with van der Waals surface area (Å²) in [4.78, 5) is 11.2. The SMILES string of the molecule is CCN(CC)c1cnc2cnc(C(C)(C)C)cn12. The van der Waals surface area contributed by atoms with E-state index in [9.17, 15) is 0 Å². The molecule has 0 atom stereocenters. The van der Waals surface area contributed by atoms with E-state index < -0.39 is 0 Å². The van der Waals surface area contributed by atoms with Gasteiger partial charge in [0.1, 0.15) is 5.82 Å². The van der Waals surface area contributed by atoms with Gasteiger partial charge in [0.05, 0.1) is 18.1 Å². The highest BCUT2D eigenvalue weighted by molar-refractivity contribution is 5.51. The molecule has 4 heteroatoms. The van der Waals surface area contributed by atoms with Crippen LogP contribution in [0.3, 0.4) is 0 Å². The first-order valence-corrected chi connectivity index (χ1v) is 6.56. The lowest BCUT2D eigenvalue weighted by Crippen LogP contribution is -2.23. The molecule has 4 nitrogen and oxygen atoms in total. The molecule has 0 saturated heterocycles. The fourth-order valence-electron chi connectivity index (χ4n) is 2.05. The molecule has 98 valence electrons. The zero-order chi connectivity index (χ0) is 13.3. The summed E-state index contributed by atoms with van der Waals surface area (Å²) in [6.45, 7) is 12.8. The van der Waals surface area contributed by atoms with Gasteiger partial charge in [0, 0.05) is 24.7 Å². The Hall–Kier alpha value is -1.58. The van der Waals surface area contributed by atoms with Crippen molar-refractivity contribution in [3.8, 4) is 0 Å². The third-order valence-corrected chi connectivity index (χ3v) is 3.23. The Kier molecular flexibility index (Phi) is 3.28. The van der Waals surface area contributed by atoms with Crippen molar-refractivity contribution in [1.29, 1.82) is 0 Å². The normalized spacial score (nSPS) is 12.1. The molecular formula is C14H22N4. The topological polar surface area (TPSA) is 33.4 Å². The van der Waals surface area contributed by atoms with E-state index in [-0.39, 0.29) is 5.41 Å². The number of aromatic nitrogens is 3. The summed E-state index contributed by atoms with van der Waals surface area (Å²) >= 11 is 0. The molecule has 2 aromatic rings. The van der Waals surface area contributed by atoms with E-state index in [0.717, 1.165) is 30.2 Å². The van der Waals surface area contributed by atoms with Crippen LogP contribution in [0, 0.1) is 0 Å². The van der Waals surface area contributed by atoms with Gasteiger partial charge in [-0.25, -0.2) is 4.98 Å². The Morgan fingerprint density at radius 2 is 1.78 bits per heavy atom. The maximum Gasteiger partial charge on any atom is 0.156 e. The van der Waals surface area contributed by atoms with Crippen molar-refractivity contribution in [1.82, 2.24) is 14.4 Å². The minimum Gasteiger partial charge on any atom is -0.357 e. The summed E-state index contributed by atoms with van der Waals surface area (Å²) < 4.78 is 2.14. The number of hydrogen-bond acceptors (Lipinski definition) is 3. The molecule has 2 heterocycles. The Morgan fingerprint density at radius 1 is 1.11 bits per heavy atom. The quantitative estimate of drug-likeness (QED) is 0.835. The maximum absolute atomic E-state index is 4.50. The lowest BCUT2D eigenvalue weighted by Gasteiger charge is -2.21. The van der Waals surface area contributed by atoms with Crippen molar-refractivity contribution < 1.29 is 0 Å². The molecule has 0 unspecified atom stereocenters. The van der Waals surface area contributed by atoms with Gasteiger partial charge in [-0.3, -0.25) is 9.38 Å². The van der Waals surface area contributed by atoms with E-state index in [1.165, 1.54) is 0 Å². The molecule has 0 N–H and O–H groups in total. The second-order valence-electron chi connectivity index (χ2n) is 5.54. The molecule has 0 bridgehead atoms. The molecule has 0 aliphatic carbocycles. The first-order valence-electron chi connectivity index (χ1n) is 6.56. The lowest BCUT2D eigenvalue weighted by molar-refractivity contribution is 0.564. The summed E-state index contributed by atoms with van der Waals surface area (Å²) in [7, 11) is 0. The van der Waals surface area contributed by atoms with E-state index in [1.807, 2.05) is 12.4 Å². The van der Waals surface area contributed by atoms with Crippen LogP contribution in [0.1, 0.15) is 40.3 Å². The van der Waals surface area contributed by atoms with Crippen LogP contribution in [0.2, 0.25) is 0 Å². The second kappa shape index (κ2) is 4.59. The Labute approximate surface area is 109 Å². The van der Waals surface area contributed by atoms with Crippen LogP contribution in [0.5, 0.6) is 0 Å². The minimum atomic E-state index is 0.0546. The average Bonchev–Trinajstić information content (AvgIpc) is 2.73. The number of fused-ring (bicyclic) bond motifs is 1. The third kappa shape index (κ3) is 2.19. The van der Waals surface area contributed by atoms with Gasteiger partial charge in [-0.05, 0) is 13.8 Å². The van der Waals surface area contributed by atoms with Crippen molar-refractivity contribution in [3.05, 3.63) is 24.3 Å². The zero-order valence-corrected chi connectivity index (χ0v) is 11.9. The molecule has 2 aromatic heterocycles. The van der Waals surface area contributed by atoms with E-state index in [1.54, 1.807) is 0 Å². The summed E-state index contributed by atoms with van der Waals surface area (Å²) in [6.07, 6.45) is 5.89. The molecule has 0 aliphatic heterocycles. The van der Waals surface area contributed by atoms with E-state index in [0.29, 0.717) is 0 Å². The molecule has 0 amide bonds. The van der Waals surface area contributed by atoms with Gasteiger partial charge in [-0.1, -0.05) is 20.8 Å². The van der Waals surface area contributed by atoms with Gasteiger partial charge in [0.15, 0.2) is 5.65 Å². The number of rotatable bonds is 3. The second-order valence-corrected chi connectivity index (χ2v) is 5.54. The van der Waals surface area contributed by atoms with Crippen LogP contribution in [0.25, 0.3) is 5.65 Å². The van der Waals surface area contributed by atoms with E-state index in [2.05, 4.69) is 60.1 Å². The molecule has 0 radical (unpaired) electrons. The molecule has 0 saturated carbocycles. The molecule has 2 rings (SSSR count). The highest BCUT2D eigenvalue weighted by atomic mass is 15.2.